The minimum Gasteiger partial charge on any atom is -0.437 e. The Morgan fingerprint density at radius 1 is 1.17 bits per heavy atom. The van der Waals surface area contributed by atoms with Gasteiger partial charge in [0.05, 0.1) is 6.54 Å². The van der Waals surface area contributed by atoms with E-state index in [9.17, 15) is 9.59 Å². The Morgan fingerprint density at radius 3 is 2.79 bits per heavy atom. The standard InChI is InChI=1S/C22H26N4O3/c1-16-6-2-3-8-18(16)29-22-21(23-10-11-24-22)17-7-4-12-25(14-17)20(28)15-26-13-5-9-19(26)27/h2-3,6,8,10-11,17H,4-5,7,9,12-15H2,1H3/t17-/m1/s1. The molecule has 2 aromatic rings. The van der Waals surface area contributed by atoms with Gasteiger partial charge in [-0.05, 0) is 37.8 Å². The zero-order valence-corrected chi connectivity index (χ0v) is 16.7. The van der Waals surface area contributed by atoms with Gasteiger partial charge in [-0.1, -0.05) is 18.2 Å². The number of amides is 2. The summed E-state index contributed by atoms with van der Waals surface area (Å²) >= 11 is 0. The predicted octanol–water partition coefficient (Wildman–Crippen LogP) is 2.91. The predicted molar refractivity (Wildman–Crippen MR) is 108 cm³/mol. The number of hydrogen-bond acceptors (Lipinski definition) is 5. The van der Waals surface area contributed by atoms with Gasteiger partial charge in [0.15, 0.2) is 0 Å². The van der Waals surface area contributed by atoms with Crippen LogP contribution in [-0.4, -0.2) is 57.8 Å². The second-order valence-corrected chi connectivity index (χ2v) is 7.71. The van der Waals surface area contributed by atoms with Gasteiger partial charge < -0.3 is 14.5 Å². The van der Waals surface area contributed by atoms with Crippen LogP contribution in [0.25, 0.3) is 0 Å². The molecule has 2 aliphatic rings. The van der Waals surface area contributed by atoms with Crippen LogP contribution in [0.2, 0.25) is 0 Å². The maximum Gasteiger partial charge on any atom is 0.242 e. The Bertz CT molecular complexity index is 901. The van der Waals surface area contributed by atoms with Crippen molar-refractivity contribution in [2.75, 3.05) is 26.2 Å². The third kappa shape index (κ3) is 4.39. The van der Waals surface area contributed by atoms with Crippen LogP contribution in [0.5, 0.6) is 11.6 Å². The molecule has 0 bridgehead atoms. The van der Waals surface area contributed by atoms with Crippen LogP contribution >= 0.6 is 0 Å². The van der Waals surface area contributed by atoms with Crippen molar-refractivity contribution in [1.29, 1.82) is 0 Å². The van der Waals surface area contributed by atoms with Crippen LogP contribution in [0.15, 0.2) is 36.7 Å². The largest absolute Gasteiger partial charge is 0.437 e. The molecule has 2 saturated heterocycles. The minimum atomic E-state index is 0.00946. The molecule has 152 valence electrons. The molecule has 0 unspecified atom stereocenters. The molecule has 1 aromatic carbocycles. The van der Waals surface area contributed by atoms with Crippen LogP contribution in [-0.2, 0) is 9.59 Å². The van der Waals surface area contributed by atoms with Gasteiger partial charge in [0, 0.05) is 44.4 Å². The average molecular weight is 394 g/mol. The number of nitrogens with zero attached hydrogens (tertiary/aromatic N) is 4. The summed E-state index contributed by atoms with van der Waals surface area (Å²) in [6.07, 6.45) is 6.51. The molecule has 4 rings (SSSR count). The quantitative estimate of drug-likeness (QED) is 0.779. The van der Waals surface area contributed by atoms with E-state index in [0.29, 0.717) is 31.9 Å². The Morgan fingerprint density at radius 2 is 2.00 bits per heavy atom. The highest BCUT2D eigenvalue weighted by Crippen LogP contribution is 2.33. The molecule has 2 amide bonds. The molecule has 1 atom stereocenters. The third-order valence-electron chi connectivity index (χ3n) is 5.65. The minimum absolute atomic E-state index is 0.00946. The summed E-state index contributed by atoms with van der Waals surface area (Å²) in [6.45, 7) is 4.14. The van der Waals surface area contributed by atoms with Crippen molar-refractivity contribution in [3.63, 3.8) is 0 Å². The van der Waals surface area contributed by atoms with Crippen LogP contribution in [0, 0.1) is 6.92 Å². The van der Waals surface area contributed by atoms with Crippen LogP contribution in [0.1, 0.15) is 42.9 Å². The lowest BCUT2D eigenvalue weighted by Crippen LogP contribution is -2.45. The van der Waals surface area contributed by atoms with Crippen LogP contribution in [0.4, 0.5) is 0 Å². The van der Waals surface area contributed by atoms with E-state index in [1.165, 1.54) is 0 Å². The lowest BCUT2D eigenvalue weighted by Gasteiger charge is -2.33. The number of benzene rings is 1. The first-order chi connectivity index (χ1) is 14.1. The van der Waals surface area contributed by atoms with Crippen molar-refractivity contribution in [3.05, 3.63) is 47.9 Å². The maximum atomic E-state index is 12.8. The molecule has 7 nitrogen and oxygen atoms in total. The van der Waals surface area contributed by atoms with Gasteiger partial charge in [-0.25, -0.2) is 4.98 Å². The van der Waals surface area contributed by atoms with Gasteiger partial charge in [0.1, 0.15) is 11.4 Å². The topological polar surface area (TPSA) is 75.6 Å². The molecule has 0 N–H and O–H groups in total. The highest BCUT2D eigenvalue weighted by atomic mass is 16.5. The molecular weight excluding hydrogens is 368 g/mol. The summed E-state index contributed by atoms with van der Waals surface area (Å²) in [7, 11) is 0. The first kappa shape index (κ1) is 19.4. The lowest BCUT2D eigenvalue weighted by atomic mass is 9.94. The van der Waals surface area contributed by atoms with Gasteiger partial charge in [-0.2, -0.15) is 0 Å². The molecule has 0 radical (unpaired) electrons. The SMILES string of the molecule is Cc1ccccc1Oc1nccnc1[C@@H]1CCCN(C(=O)CN2CCCC2=O)C1. The summed E-state index contributed by atoms with van der Waals surface area (Å²) in [4.78, 5) is 37.1. The van der Waals surface area contributed by atoms with Crippen molar-refractivity contribution in [2.24, 2.45) is 0 Å². The van der Waals surface area contributed by atoms with Crippen molar-refractivity contribution in [3.8, 4) is 11.6 Å². The number of aryl methyl sites for hydroxylation is 1. The zero-order chi connectivity index (χ0) is 20.2. The maximum absolute atomic E-state index is 12.8. The fraction of sp³-hybridized carbons (Fsp3) is 0.455. The van der Waals surface area contributed by atoms with Crippen molar-refractivity contribution < 1.29 is 14.3 Å². The highest BCUT2D eigenvalue weighted by Gasteiger charge is 2.30. The molecular formula is C22H26N4O3. The van der Waals surface area contributed by atoms with E-state index in [-0.39, 0.29) is 24.3 Å². The number of para-hydroxylation sites is 1. The molecule has 7 heteroatoms. The number of piperidine rings is 1. The number of likely N-dealkylation sites (tertiary alicyclic amines) is 2. The Labute approximate surface area is 170 Å². The number of aromatic nitrogens is 2. The summed E-state index contributed by atoms with van der Waals surface area (Å²) < 4.78 is 6.08. The van der Waals surface area contributed by atoms with E-state index in [0.717, 1.165) is 36.3 Å². The molecule has 3 heterocycles. The van der Waals surface area contributed by atoms with Gasteiger partial charge in [0.25, 0.3) is 0 Å². The molecule has 0 spiro atoms. The molecule has 0 saturated carbocycles. The average Bonchev–Trinajstić information content (AvgIpc) is 3.14. The van der Waals surface area contributed by atoms with Crippen LogP contribution in [0.3, 0.4) is 0 Å². The Kier molecular flexibility index (Phi) is 5.74. The Hall–Kier alpha value is -2.96. The van der Waals surface area contributed by atoms with Gasteiger partial charge in [0.2, 0.25) is 17.7 Å². The number of carbonyl (C=O) groups is 2. The fourth-order valence-electron chi connectivity index (χ4n) is 4.03. The van der Waals surface area contributed by atoms with E-state index in [2.05, 4.69) is 9.97 Å². The number of carbonyl (C=O) groups excluding carboxylic acids is 2. The van der Waals surface area contributed by atoms with E-state index in [4.69, 9.17) is 4.74 Å². The highest BCUT2D eigenvalue weighted by molar-refractivity contribution is 5.86. The van der Waals surface area contributed by atoms with E-state index in [1.54, 1.807) is 17.3 Å². The summed E-state index contributed by atoms with van der Waals surface area (Å²) in [5.74, 6) is 1.40. The van der Waals surface area contributed by atoms with Crippen molar-refractivity contribution in [2.45, 2.75) is 38.5 Å². The van der Waals surface area contributed by atoms with Crippen molar-refractivity contribution in [1.82, 2.24) is 19.8 Å². The molecule has 0 aliphatic carbocycles. The van der Waals surface area contributed by atoms with Gasteiger partial charge >= 0.3 is 0 Å². The fourth-order valence-corrected chi connectivity index (χ4v) is 4.03. The molecule has 1 aromatic heterocycles. The van der Waals surface area contributed by atoms with Crippen molar-refractivity contribution >= 4 is 11.8 Å². The number of rotatable bonds is 5. The molecule has 2 fully saturated rings. The summed E-state index contributed by atoms with van der Waals surface area (Å²) in [5, 5.41) is 0. The number of ether oxygens (including phenoxy) is 1. The monoisotopic (exact) mass is 394 g/mol. The van der Waals surface area contributed by atoms with E-state index >= 15 is 0 Å². The Balaban J connectivity index is 1.48. The number of hydrogen-bond donors (Lipinski definition) is 0. The third-order valence-corrected chi connectivity index (χ3v) is 5.65. The summed E-state index contributed by atoms with van der Waals surface area (Å²) in [5.41, 5.74) is 1.81. The molecule has 29 heavy (non-hydrogen) atoms. The second kappa shape index (κ2) is 8.59. The zero-order valence-electron chi connectivity index (χ0n) is 16.7. The normalized spacial score (nSPS) is 19.5. The first-order valence-electron chi connectivity index (χ1n) is 10.2. The smallest absolute Gasteiger partial charge is 0.242 e. The second-order valence-electron chi connectivity index (χ2n) is 7.71. The summed E-state index contributed by atoms with van der Waals surface area (Å²) in [6, 6.07) is 7.80. The molecule has 2 aliphatic heterocycles. The van der Waals surface area contributed by atoms with Gasteiger partial charge in [-0.3, -0.25) is 14.6 Å². The van der Waals surface area contributed by atoms with E-state index in [1.807, 2.05) is 36.1 Å². The first-order valence-corrected chi connectivity index (χ1v) is 10.2. The van der Waals surface area contributed by atoms with Crippen LogP contribution < -0.4 is 4.74 Å². The lowest BCUT2D eigenvalue weighted by molar-refractivity contribution is -0.139. The van der Waals surface area contributed by atoms with Gasteiger partial charge in [-0.15, -0.1) is 0 Å². The van der Waals surface area contributed by atoms with E-state index < -0.39 is 0 Å².